The zero-order valence-electron chi connectivity index (χ0n) is 14.3. The van der Waals surface area contributed by atoms with Crippen molar-refractivity contribution in [2.45, 2.75) is 55.9 Å². The SMILES string of the molecule is O=C(NC1CCCN(S(=O)(=O)c2ccc(Cl)cc2)C1)C1CCCCC1. The van der Waals surface area contributed by atoms with E-state index in [0.29, 0.717) is 18.1 Å². The van der Waals surface area contributed by atoms with Crippen LogP contribution in [0.3, 0.4) is 0 Å². The van der Waals surface area contributed by atoms with Gasteiger partial charge in [0.25, 0.3) is 0 Å². The highest BCUT2D eigenvalue weighted by atomic mass is 35.5. The quantitative estimate of drug-likeness (QED) is 0.866. The van der Waals surface area contributed by atoms with Crippen molar-refractivity contribution < 1.29 is 13.2 Å². The van der Waals surface area contributed by atoms with Crippen LogP contribution in [0.2, 0.25) is 5.02 Å². The molecule has 1 heterocycles. The molecular weight excluding hydrogens is 360 g/mol. The Morgan fingerprint density at radius 3 is 2.40 bits per heavy atom. The topological polar surface area (TPSA) is 66.5 Å². The number of carbonyl (C=O) groups is 1. The van der Waals surface area contributed by atoms with E-state index in [9.17, 15) is 13.2 Å². The zero-order chi connectivity index (χ0) is 17.9. The number of piperidine rings is 1. The van der Waals surface area contributed by atoms with Crippen molar-refractivity contribution in [3.05, 3.63) is 29.3 Å². The van der Waals surface area contributed by atoms with Gasteiger partial charge in [-0.3, -0.25) is 4.79 Å². The van der Waals surface area contributed by atoms with Gasteiger partial charge in [-0.25, -0.2) is 8.42 Å². The van der Waals surface area contributed by atoms with Crippen molar-refractivity contribution in [1.29, 1.82) is 0 Å². The lowest BCUT2D eigenvalue weighted by Crippen LogP contribution is -2.50. The minimum Gasteiger partial charge on any atom is -0.352 e. The Labute approximate surface area is 154 Å². The average molecular weight is 385 g/mol. The van der Waals surface area contributed by atoms with Gasteiger partial charge in [0.05, 0.1) is 4.90 Å². The molecule has 25 heavy (non-hydrogen) atoms. The molecule has 7 heteroatoms. The van der Waals surface area contributed by atoms with Crippen LogP contribution in [0.15, 0.2) is 29.2 Å². The summed E-state index contributed by atoms with van der Waals surface area (Å²) in [5.74, 6) is 0.187. The molecule has 1 aromatic rings. The molecule has 2 fully saturated rings. The molecule has 5 nitrogen and oxygen atoms in total. The summed E-state index contributed by atoms with van der Waals surface area (Å²) in [6, 6.07) is 6.12. The molecule has 1 amide bonds. The number of hydrogen-bond donors (Lipinski definition) is 1. The first-order valence-electron chi connectivity index (χ1n) is 9.03. The van der Waals surface area contributed by atoms with Crippen molar-refractivity contribution in [2.75, 3.05) is 13.1 Å². The number of sulfonamides is 1. The highest BCUT2D eigenvalue weighted by Crippen LogP contribution is 2.25. The number of amides is 1. The van der Waals surface area contributed by atoms with Crippen LogP contribution in [0.5, 0.6) is 0 Å². The van der Waals surface area contributed by atoms with Gasteiger partial charge in [0.1, 0.15) is 0 Å². The van der Waals surface area contributed by atoms with Crippen LogP contribution in [0.4, 0.5) is 0 Å². The highest BCUT2D eigenvalue weighted by Gasteiger charge is 2.32. The van der Waals surface area contributed by atoms with Gasteiger partial charge in [0.2, 0.25) is 15.9 Å². The fourth-order valence-electron chi connectivity index (χ4n) is 3.72. The van der Waals surface area contributed by atoms with Crippen LogP contribution >= 0.6 is 11.6 Å². The van der Waals surface area contributed by atoms with Crippen molar-refractivity contribution in [2.24, 2.45) is 5.92 Å². The minimum atomic E-state index is -3.55. The van der Waals surface area contributed by atoms with Crippen LogP contribution in [-0.4, -0.2) is 37.8 Å². The van der Waals surface area contributed by atoms with Gasteiger partial charge in [-0.15, -0.1) is 0 Å². The van der Waals surface area contributed by atoms with Crippen molar-refractivity contribution in [3.63, 3.8) is 0 Å². The average Bonchev–Trinajstić information content (AvgIpc) is 2.63. The van der Waals surface area contributed by atoms with Gasteiger partial charge in [0.15, 0.2) is 0 Å². The highest BCUT2D eigenvalue weighted by molar-refractivity contribution is 7.89. The molecule has 1 saturated heterocycles. The van der Waals surface area contributed by atoms with Gasteiger partial charge >= 0.3 is 0 Å². The lowest BCUT2D eigenvalue weighted by atomic mass is 9.88. The summed E-state index contributed by atoms with van der Waals surface area (Å²) in [6.07, 6.45) is 6.91. The van der Waals surface area contributed by atoms with Gasteiger partial charge in [-0.1, -0.05) is 30.9 Å². The second-order valence-electron chi connectivity index (χ2n) is 7.00. The smallest absolute Gasteiger partial charge is 0.243 e. The molecule has 0 aromatic heterocycles. The fourth-order valence-corrected chi connectivity index (χ4v) is 5.37. The first-order valence-corrected chi connectivity index (χ1v) is 10.8. The lowest BCUT2D eigenvalue weighted by molar-refractivity contribution is -0.126. The van der Waals surface area contributed by atoms with E-state index in [0.717, 1.165) is 38.5 Å². The van der Waals surface area contributed by atoms with Gasteiger partial charge in [-0.2, -0.15) is 4.31 Å². The summed E-state index contributed by atoms with van der Waals surface area (Å²) in [5.41, 5.74) is 0. The fraction of sp³-hybridized carbons (Fsp3) is 0.611. The standard InChI is InChI=1S/C18H25ClN2O3S/c19-15-8-10-17(11-9-15)25(23,24)21-12-4-7-16(13-21)20-18(22)14-5-2-1-3-6-14/h8-11,14,16H,1-7,12-13H2,(H,20,22). The molecule has 1 aliphatic heterocycles. The molecule has 1 unspecified atom stereocenters. The molecule has 3 rings (SSSR count). The predicted octanol–water partition coefficient (Wildman–Crippen LogP) is 3.19. The maximum absolute atomic E-state index is 12.8. The number of nitrogens with zero attached hydrogens (tertiary/aromatic N) is 1. The van der Waals surface area contributed by atoms with Gasteiger partial charge in [-0.05, 0) is 49.9 Å². The molecule has 138 valence electrons. The van der Waals surface area contributed by atoms with Crippen LogP contribution in [-0.2, 0) is 14.8 Å². The maximum atomic E-state index is 12.8. The molecule has 0 bridgehead atoms. The number of hydrogen-bond acceptors (Lipinski definition) is 3. The van der Waals surface area contributed by atoms with Crippen molar-refractivity contribution >= 4 is 27.5 Å². The Bertz CT molecular complexity index is 700. The monoisotopic (exact) mass is 384 g/mol. The first kappa shape index (κ1) is 18.7. The Balaban J connectivity index is 1.64. The summed E-state index contributed by atoms with van der Waals surface area (Å²) >= 11 is 5.85. The van der Waals surface area contributed by atoms with E-state index in [2.05, 4.69) is 5.32 Å². The van der Waals surface area contributed by atoms with Gasteiger partial charge < -0.3 is 5.32 Å². The largest absolute Gasteiger partial charge is 0.352 e. The molecule has 1 N–H and O–H groups in total. The number of nitrogens with one attached hydrogen (secondary N) is 1. The summed E-state index contributed by atoms with van der Waals surface area (Å²) in [7, 11) is -3.55. The molecule has 1 saturated carbocycles. The van der Waals surface area contributed by atoms with E-state index < -0.39 is 10.0 Å². The Morgan fingerprint density at radius 2 is 1.72 bits per heavy atom. The molecule has 1 aliphatic carbocycles. The Kier molecular flexibility index (Phi) is 6.02. The van der Waals surface area contributed by atoms with E-state index >= 15 is 0 Å². The molecule has 0 spiro atoms. The third kappa shape index (κ3) is 4.54. The molecule has 0 radical (unpaired) electrons. The summed E-state index contributed by atoms with van der Waals surface area (Å²) < 4.78 is 27.1. The van der Waals surface area contributed by atoms with Crippen molar-refractivity contribution in [3.8, 4) is 0 Å². The summed E-state index contributed by atoms with van der Waals surface area (Å²) in [5, 5.41) is 3.59. The number of benzene rings is 1. The Morgan fingerprint density at radius 1 is 1.04 bits per heavy atom. The first-order chi connectivity index (χ1) is 12.0. The van der Waals surface area contributed by atoms with Crippen LogP contribution in [0, 0.1) is 5.92 Å². The third-order valence-electron chi connectivity index (χ3n) is 5.16. The predicted molar refractivity (Wildman–Crippen MR) is 98.0 cm³/mol. The van der Waals surface area contributed by atoms with Crippen LogP contribution in [0.1, 0.15) is 44.9 Å². The molecular formula is C18H25ClN2O3S. The van der Waals surface area contributed by atoms with Crippen LogP contribution in [0.25, 0.3) is 0 Å². The van der Waals surface area contributed by atoms with Crippen LogP contribution < -0.4 is 5.32 Å². The number of carbonyl (C=O) groups excluding carboxylic acids is 1. The minimum absolute atomic E-state index is 0.0930. The van der Waals surface area contributed by atoms with E-state index in [1.165, 1.54) is 22.9 Å². The van der Waals surface area contributed by atoms with E-state index in [1.807, 2.05) is 0 Å². The number of rotatable bonds is 4. The Hall–Kier alpha value is -1.11. The van der Waals surface area contributed by atoms with E-state index in [1.54, 1.807) is 12.1 Å². The second-order valence-corrected chi connectivity index (χ2v) is 9.37. The summed E-state index contributed by atoms with van der Waals surface area (Å²) in [4.78, 5) is 12.7. The normalized spacial score (nSPS) is 23.3. The summed E-state index contributed by atoms with van der Waals surface area (Å²) in [6.45, 7) is 0.824. The van der Waals surface area contributed by atoms with Gasteiger partial charge in [0, 0.05) is 30.1 Å². The lowest BCUT2D eigenvalue weighted by Gasteiger charge is -2.33. The molecule has 1 atom stereocenters. The van der Waals surface area contributed by atoms with E-state index in [-0.39, 0.29) is 22.8 Å². The van der Waals surface area contributed by atoms with Crippen molar-refractivity contribution in [1.82, 2.24) is 9.62 Å². The molecule has 2 aliphatic rings. The maximum Gasteiger partial charge on any atom is 0.243 e. The van der Waals surface area contributed by atoms with E-state index in [4.69, 9.17) is 11.6 Å². The number of halogens is 1. The second kappa shape index (κ2) is 8.06. The zero-order valence-corrected chi connectivity index (χ0v) is 15.9. The molecule has 1 aromatic carbocycles. The third-order valence-corrected chi connectivity index (χ3v) is 7.29.